The van der Waals surface area contributed by atoms with Crippen molar-refractivity contribution in [3.8, 4) is 11.5 Å². The molecule has 0 radical (unpaired) electrons. The Hall–Kier alpha value is -3.00. The van der Waals surface area contributed by atoms with Crippen LogP contribution in [0.25, 0.3) is 0 Å². The van der Waals surface area contributed by atoms with Gasteiger partial charge in [0.25, 0.3) is 0 Å². The van der Waals surface area contributed by atoms with E-state index in [4.69, 9.17) is 9.47 Å². The summed E-state index contributed by atoms with van der Waals surface area (Å²) in [5.41, 5.74) is 3.03. The van der Waals surface area contributed by atoms with E-state index in [1.807, 2.05) is 61.7 Å². The molecule has 3 aromatic rings. The molecule has 0 aliphatic heterocycles. The van der Waals surface area contributed by atoms with Crippen LogP contribution in [0.3, 0.4) is 0 Å². The van der Waals surface area contributed by atoms with Crippen LogP contribution in [0.1, 0.15) is 49.9 Å². The van der Waals surface area contributed by atoms with Gasteiger partial charge >= 0.3 is 0 Å². The number of hydrogen-bond donors (Lipinski definition) is 1. The van der Waals surface area contributed by atoms with Crippen LogP contribution in [0.15, 0.2) is 47.6 Å². The molecule has 8 heteroatoms. The van der Waals surface area contributed by atoms with Gasteiger partial charge in [0.05, 0.1) is 12.9 Å². The molecular weight excluding hydrogens is 424 g/mol. The Morgan fingerprint density at radius 3 is 2.41 bits per heavy atom. The van der Waals surface area contributed by atoms with Gasteiger partial charge in [-0.05, 0) is 70.0 Å². The van der Waals surface area contributed by atoms with Gasteiger partial charge in [0, 0.05) is 17.8 Å². The van der Waals surface area contributed by atoms with E-state index >= 15 is 0 Å². The number of nitrogens with zero attached hydrogens (tertiary/aromatic N) is 3. The predicted molar refractivity (Wildman–Crippen MR) is 128 cm³/mol. The Balaban J connectivity index is 1.69. The maximum absolute atomic E-state index is 12.5. The average Bonchev–Trinajstić information content (AvgIpc) is 3.16. The maximum atomic E-state index is 12.5. The quantitative estimate of drug-likeness (QED) is 0.439. The van der Waals surface area contributed by atoms with Gasteiger partial charge in [-0.1, -0.05) is 23.9 Å². The lowest BCUT2D eigenvalue weighted by atomic mass is 10.1. The smallest absolute Gasteiger partial charge is 0.234 e. The number of benzene rings is 2. The Bertz CT molecular complexity index is 1060. The minimum Gasteiger partial charge on any atom is -0.497 e. The number of aromatic nitrogens is 3. The third-order valence-corrected chi connectivity index (χ3v) is 5.71. The molecule has 1 N–H and O–H groups in total. The Labute approximate surface area is 193 Å². The number of ether oxygens (including phenoxy) is 2. The second-order valence-corrected chi connectivity index (χ2v) is 8.90. The van der Waals surface area contributed by atoms with Gasteiger partial charge < -0.3 is 19.4 Å². The minimum absolute atomic E-state index is 0.0828. The molecule has 170 valence electrons. The SMILES string of the molecule is COc1cccc(OC(C)c2nnc(SCC(=O)Nc3cc(C)cc(C)c3)n2C(C)C)c1. The predicted octanol–water partition coefficient (Wildman–Crippen LogP) is 5.36. The standard InChI is InChI=1S/C24H30N4O3S/c1-15(2)28-23(18(5)31-21-9-7-8-20(13-21)30-6)26-27-24(28)32-14-22(29)25-19-11-16(3)10-17(4)12-19/h7-13,15,18H,14H2,1-6H3,(H,25,29). The molecule has 32 heavy (non-hydrogen) atoms. The van der Waals surface area contributed by atoms with Crippen LogP contribution >= 0.6 is 11.8 Å². The van der Waals surface area contributed by atoms with Crippen LogP contribution in [0, 0.1) is 13.8 Å². The molecule has 0 aliphatic rings. The monoisotopic (exact) mass is 454 g/mol. The lowest BCUT2D eigenvalue weighted by Crippen LogP contribution is -2.16. The molecular formula is C24H30N4O3S. The van der Waals surface area contributed by atoms with Crippen molar-refractivity contribution in [1.82, 2.24) is 14.8 Å². The van der Waals surface area contributed by atoms with Crippen LogP contribution in [0.2, 0.25) is 0 Å². The van der Waals surface area contributed by atoms with Crippen molar-refractivity contribution in [2.45, 2.75) is 51.9 Å². The number of aryl methyl sites for hydroxylation is 2. The minimum atomic E-state index is -0.324. The summed E-state index contributed by atoms with van der Waals surface area (Å²) in [5, 5.41) is 12.3. The van der Waals surface area contributed by atoms with Gasteiger partial charge in [0.1, 0.15) is 11.5 Å². The van der Waals surface area contributed by atoms with E-state index in [2.05, 4.69) is 35.4 Å². The number of carbonyl (C=O) groups is 1. The number of amides is 1. The fourth-order valence-corrected chi connectivity index (χ4v) is 4.33. The highest BCUT2D eigenvalue weighted by Crippen LogP contribution is 2.29. The third-order valence-electron chi connectivity index (χ3n) is 4.76. The lowest BCUT2D eigenvalue weighted by molar-refractivity contribution is -0.113. The van der Waals surface area contributed by atoms with Crippen molar-refractivity contribution < 1.29 is 14.3 Å². The summed E-state index contributed by atoms with van der Waals surface area (Å²) in [5.74, 6) is 2.28. The first kappa shape index (κ1) is 23.7. The van der Waals surface area contributed by atoms with Crippen molar-refractivity contribution >= 4 is 23.4 Å². The molecule has 2 aromatic carbocycles. The second-order valence-electron chi connectivity index (χ2n) is 7.96. The summed E-state index contributed by atoms with van der Waals surface area (Å²) in [4.78, 5) is 12.5. The number of nitrogens with one attached hydrogen (secondary N) is 1. The van der Waals surface area contributed by atoms with E-state index < -0.39 is 0 Å². The largest absolute Gasteiger partial charge is 0.497 e. The molecule has 0 bridgehead atoms. The summed E-state index contributed by atoms with van der Waals surface area (Å²) in [6, 6.07) is 13.6. The fourth-order valence-electron chi connectivity index (χ4n) is 3.45. The highest BCUT2D eigenvalue weighted by Gasteiger charge is 2.22. The van der Waals surface area contributed by atoms with E-state index in [0.29, 0.717) is 16.7 Å². The number of rotatable bonds is 9. The molecule has 7 nitrogen and oxygen atoms in total. The summed E-state index contributed by atoms with van der Waals surface area (Å²) in [6.07, 6.45) is -0.324. The van der Waals surface area contributed by atoms with E-state index in [0.717, 1.165) is 22.6 Å². The molecule has 1 unspecified atom stereocenters. The molecule has 0 spiro atoms. The Morgan fingerprint density at radius 2 is 1.75 bits per heavy atom. The zero-order valence-corrected chi connectivity index (χ0v) is 20.2. The number of anilines is 1. The summed E-state index contributed by atoms with van der Waals surface area (Å²) >= 11 is 1.36. The molecule has 1 atom stereocenters. The van der Waals surface area contributed by atoms with Gasteiger partial charge in [-0.3, -0.25) is 4.79 Å². The van der Waals surface area contributed by atoms with Crippen LogP contribution in [-0.4, -0.2) is 33.5 Å². The van der Waals surface area contributed by atoms with Crippen molar-refractivity contribution in [2.24, 2.45) is 0 Å². The van der Waals surface area contributed by atoms with Gasteiger partial charge in [-0.15, -0.1) is 10.2 Å². The van der Waals surface area contributed by atoms with Gasteiger partial charge in [-0.25, -0.2) is 0 Å². The first-order valence-electron chi connectivity index (χ1n) is 10.5. The van der Waals surface area contributed by atoms with E-state index in [1.165, 1.54) is 11.8 Å². The zero-order chi connectivity index (χ0) is 23.3. The number of hydrogen-bond acceptors (Lipinski definition) is 6. The van der Waals surface area contributed by atoms with Crippen LogP contribution in [0.5, 0.6) is 11.5 Å². The fraction of sp³-hybridized carbons (Fsp3) is 0.375. The summed E-state index contributed by atoms with van der Waals surface area (Å²) in [7, 11) is 1.62. The Kier molecular flexibility index (Phi) is 7.80. The summed E-state index contributed by atoms with van der Waals surface area (Å²) in [6.45, 7) is 10.1. The average molecular weight is 455 g/mol. The second kappa shape index (κ2) is 10.5. The zero-order valence-electron chi connectivity index (χ0n) is 19.4. The molecule has 0 saturated heterocycles. The van der Waals surface area contributed by atoms with Crippen molar-refractivity contribution in [2.75, 3.05) is 18.2 Å². The van der Waals surface area contributed by atoms with E-state index in [-0.39, 0.29) is 23.8 Å². The van der Waals surface area contributed by atoms with Gasteiger partial charge in [0.2, 0.25) is 5.91 Å². The molecule has 0 fully saturated rings. The topological polar surface area (TPSA) is 78.3 Å². The van der Waals surface area contributed by atoms with Crippen LogP contribution in [0.4, 0.5) is 5.69 Å². The molecule has 3 rings (SSSR count). The number of carbonyl (C=O) groups excluding carboxylic acids is 1. The van der Waals surface area contributed by atoms with Crippen LogP contribution < -0.4 is 14.8 Å². The van der Waals surface area contributed by atoms with E-state index in [1.54, 1.807) is 7.11 Å². The number of thioether (sulfide) groups is 1. The molecule has 0 saturated carbocycles. The highest BCUT2D eigenvalue weighted by molar-refractivity contribution is 7.99. The molecule has 1 heterocycles. The number of methoxy groups -OCH3 is 1. The molecule has 0 aliphatic carbocycles. The lowest BCUT2D eigenvalue weighted by Gasteiger charge is -2.19. The normalized spacial score (nSPS) is 12.0. The molecule has 1 aromatic heterocycles. The van der Waals surface area contributed by atoms with Gasteiger partial charge in [-0.2, -0.15) is 0 Å². The highest BCUT2D eigenvalue weighted by atomic mass is 32.2. The first-order valence-corrected chi connectivity index (χ1v) is 11.5. The van der Waals surface area contributed by atoms with Crippen LogP contribution in [-0.2, 0) is 4.79 Å². The van der Waals surface area contributed by atoms with Gasteiger partial charge in [0.15, 0.2) is 17.1 Å². The first-order chi connectivity index (χ1) is 15.3. The van der Waals surface area contributed by atoms with Crippen molar-refractivity contribution in [3.05, 3.63) is 59.4 Å². The maximum Gasteiger partial charge on any atom is 0.234 e. The van der Waals surface area contributed by atoms with E-state index in [9.17, 15) is 4.79 Å². The summed E-state index contributed by atoms with van der Waals surface area (Å²) < 4.78 is 13.4. The van der Waals surface area contributed by atoms with Crippen molar-refractivity contribution in [3.63, 3.8) is 0 Å². The van der Waals surface area contributed by atoms with Crippen molar-refractivity contribution in [1.29, 1.82) is 0 Å². The molecule has 1 amide bonds. The Morgan fingerprint density at radius 1 is 1.06 bits per heavy atom. The third kappa shape index (κ3) is 6.03.